The number of halogens is 1. The van der Waals surface area contributed by atoms with E-state index in [4.69, 9.17) is 4.74 Å². The van der Waals surface area contributed by atoms with E-state index >= 15 is 0 Å². The number of fused-ring (bicyclic) bond motifs is 1. The normalized spacial score (nSPS) is 26.7. The molecule has 8 heteroatoms. The summed E-state index contributed by atoms with van der Waals surface area (Å²) in [6, 6.07) is 5.02. The van der Waals surface area contributed by atoms with Crippen LogP contribution in [0.3, 0.4) is 0 Å². The van der Waals surface area contributed by atoms with Crippen LogP contribution in [0.5, 0.6) is 5.75 Å². The highest BCUT2D eigenvalue weighted by atomic mass is 19.1. The van der Waals surface area contributed by atoms with Gasteiger partial charge < -0.3 is 14.7 Å². The molecule has 32 heavy (non-hydrogen) atoms. The Kier molecular flexibility index (Phi) is 6.72. The molecule has 1 aromatic carbocycles. The fraction of sp³-hybridized carbons (Fsp3) is 0.667. The number of hydrogen-bond acceptors (Lipinski definition) is 6. The van der Waals surface area contributed by atoms with E-state index in [9.17, 15) is 19.1 Å². The number of aliphatic hydroxyl groups is 1. The van der Waals surface area contributed by atoms with Gasteiger partial charge in [0.1, 0.15) is 0 Å². The zero-order chi connectivity index (χ0) is 22.9. The molecule has 176 valence electrons. The molecule has 0 radical (unpaired) electrons. The Hall–Kier alpha value is -2.19. The molecular weight excluding hydrogens is 413 g/mol. The zero-order valence-corrected chi connectivity index (χ0v) is 19.1. The van der Waals surface area contributed by atoms with Crippen LogP contribution in [0.1, 0.15) is 46.0 Å². The maximum atomic E-state index is 14.3. The number of carbonyl (C=O) groups is 2. The third-order valence-electron chi connectivity index (χ3n) is 6.93. The number of anilines is 1. The minimum Gasteiger partial charge on any atom is -0.486 e. The Morgan fingerprint density at radius 2 is 1.91 bits per heavy atom. The van der Waals surface area contributed by atoms with Gasteiger partial charge in [-0.3, -0.25) is 19.4 Å². The Bertz CT molecular complexity index is 856. The van der Waals surface area contributed by atoms with E-state index in [1.54, 1.807) is 6.07 Å². The van der Waals surface area contributed by atoms with Crippen molar-refractivity contribution in [2.24, 2.45) is 5.92 Å². The van der Waals surface area contributed by atoms with Crippen LogP contribution in [0.25, 0.3) is 0 Å². The third-order valence-corrected chi connectivity index (χ3v) is 6.93. The van der Waals surface area contributed by atoms with Crippen molar-refractivity contribution in [1.82, 2.24) is 9.80 Å². The number of ether oxygens (including phenoxy) is 1. The van der Waals surface area contributed by atoms with Gasteiger partial charge in [0.05, 0.1) is 17.7 Å². The number of nitrogens with zero attached hydrogens (tertiary/aromatic N) is 3. The van der Waals surface area contributed by atoms with Crippen LogP contribution in [-0.2, 0) is 9.59 Å². The summed E-state index contributed by atoms with van der Waals surface area (Å²) >= 11 is 0. The predicted octanol–water partition coefficient (Wildman–Crippen LogP) is 2.42. The molecule has 3 fully saturated rings. The average Bonchev–Trinajstić information content (AvgIpc) is 2.96. The lowest BCUT2D eigenvalue weighted by atomic mass is 9.77. The minimum absolute atomic E-state index is 0.107. The first-order valence-electron chi connectivity index (χ1n) is 11.8. The summed E-state index contributed by atoms with van der Waals surface area (Å²) in [5.41, 5.74) is -0.690. The zero-order valence-electron chi connectivity index (χ0n) is 19.1. The van der Waals surface area contributed by atoms with E-state index < -0.39 is 17.4 Å². The van der Waals surface area contributed by atoms with Gasteiger partial charge in [-0.1, -0.05) is 12.5 Å². The number of rotatable bonds is 7. The van der Waals surface area contributed by atoms with Gasteiger partial charge in [-0.15, -0.1) is 0 Å². The molecule has 3 aliphatic rings. The highest BCUT2D eigenvalue weighted by Crippen LogP contribution is 2.41. The number of benzene rings is 1. The first-order valence-corrected chi connectivity index (χ1v) is 11.8. The number of carbonyl (C=O) groups excluding carboxylic acids is 2. The second kappa shape index (κ2) is 9.35. The molecule has 0 unspecified atom stereocenters. The van der Waals surface area contributed by atoms with Gasteiger partial charge in [-0.25, -0.2) is 4.39 Å². The maximum Gasteiger partial charge on any atom is 0.261 e. The van der Waals surface area contributed by atoms with E-state index in [-0.39, 0.29) is 17.8 Å². The highest BCUT2D eigenvalue weighted by molar-refractivity contribution is 6.09. The molecule has 2 atom stereocenters. The average molecular weight is 448 g/mol. The summed E-state index contributed by atoms with van der Waals surface area (Å²) in [6.45, 7) is 8.02. The van der Waals surface area contributed by atoms with Gasteiger partial charge in [-0.05, 0) is 58.2 Å². The molecule has 1 aromatic rings. The minimum atomic E-state index is -1.47. The Balaban J connectivity index is 1.28. The van der Waals surface area contributed by atoms with Crippen molar-refractivity contribution >= 4 is 17.5 Å². The summed E-state index contributed by atoms with van der Waals surface area (Å²) in [6.07, 6.45) is 3.25. The number of piperazine rings is 1. The second-order valence-corrected chi connectivity index (χ2v) is 9.45. The molecule has 7 nitrogen and oxygen atoms in total. The van der Waals surface area contributed by atoms with Crippen molar-refractivity contribution in [1.29, 1.82) is 0 Å². The lowest BCUT2D eigenvalue weighted by Crippen LogP contribution is -2.47. The Labute approximate surface area is 189 Å². The summed E-state index contributed by atoms with van der Waals surface area (Å²) in [5.74, 6) is -1.20. The highest BCUT2D eigenvalue weighted by Gasteiger charge is 2.58. The fourth-order valence-corrected chi connectivity index (χ4v) is 5.24. The predicted molar refractivity (Wildman–Crippen MR) is 119 cm³/mol. The lowest BCUT2D eigenvalue weighted by molar-refractivity contribution is -0.148. The molecule has 1 aliphatic carbocycles. The van der Waals surface area contributed by atoms with Gasteiger partial charge in [-0.2, -0.15) is 0 Å². The van der Waals surface area contributed by atoms with E-state index in [0.717, 1.165) is 51.3 Å². The van der Waals surface area contributed by atoms with E-state index in [0.29, 0.717) is 31.6 Å². The van der Waals surface area contributed by atoms with Crippen molar-refractivity contribution in [3.63, 3.8) is 0 Å². The van der Waals surface area contributed by atoms with E-state index in [1.165, 1.54) is 11.0 Å². The van der Waals surface area contributed by atoms with Crippen LogP contribution in [0.2, 0.25) is 0 Å². The number of hydrogen-bond donors (Lipinski definition) is 1. The number of amides is 2. The quantitative estimate of drug-likeness (QED) is 0.648. The number of imide groups is 1. The first-order chi connectivity index (χ1) is 15.3. The number of para-hydroxylation sites is 1. The van der Waals surface area contributed by atoms with Crippen LogP contribution in [0, 0.1) is 11.7 Å². The van der Waals surface area contributed by atoms with E-state index in [2.05, 4.69) is 9.80 Å². The molecule has 2 aliphatic heterocycles. The molecular formula is C24H34FN3O4. The third kappa shape index (κ3) is 4.35. The summed E-state index contributed by atoms with van der Waals surface area (Å²) in [7, 11) is 0. The van der Waals surface area contributed by atoms with Crippen molar-refractivity contribution in [3.8, 4) is 5.75 Å². The fourth-order valence-electron chi connectivity index (χ4n) is 5.24. The van der Waals surface area contributed by atoms with Crippen LogP contribution >= 0.6 is 0 Å². The standard InChI is InChI=1S/C24H34FN3O4/c1-17(2)32-21-19(25)8-5-9-20(21)27-15-13-26(14-16-27)11-6-12-28-22(29)18-7-3-4-10-24(18,31)23(28)30/h5,8-9,17-18,31H,3-4,6-7,10-16H2,1-2H3/t18-,24+/m1/s1. The SMILES string of the molecule is CC(C)Oc1c(F)cccc1N1CCN(CCCN2C(=O)[C@H]3CCCC[C@@]3(O)C2=O)CC1. The smallest absolute Gasteiger partial charge is 0.261 e. The Morgan fingerprint density at radius 3 is 2.59 bits per heavy atom. The van der Waals surface area contributed by atoms with Gasteiger partial charge in [0.15, 0.2) is 17.2 Å². The van der Waals surface area contributed by atoms with Crippen molar-refractivity contribution in [3.05, 3.63) is 24.0 Å². The monoisotopic (exact) mass is 447 g/mol. The molecule has 0 aromatic heterocycles. The van der Waals surface area contributed by atoms with E-state index in [1.807, 2.05) is 19.9 Å². The maximum absolute atomic E-state index is 14.3. The molecule has 4 rings (SSSR count). The van der Waals surface area contributed by atoms with Crippen LogP contribution in [-0.4, -0.2) is 77.7 Å². The van der Waals surface area contributed by atoms with Crippen LogP contribution in [0.4, 0.5) is 10.1 Å². The molecule has 1 saturated carbocycles. The number of likely N-dealkylation sites (tertiary alicyclic amines) is 1. The lowest BCUT2D eigenvalue weighted by Gasteiger charge is -2.37. The molecule has 2 heterocycles. The summed E-state index contributed by atoms with van der Waals surface area (Å²) in [4.78, 5) is 31.1. The van der Waals surface area contributed by atoms with Crippen molar-refractivity contribution in [2.75, 3.05) is 44.2 Å². The first kappa shape index (κ1) is 23.0. The van der Waals surface area contributed by atoms with Gasteiger partial charge >= 0.3 is 0 Å². The van der Waals surface area contributed by atoms with Crippen molar-refractivity contribution in [2.45, 2.75) is 57.7 Å². The van der Waals surface area contributed by atoms with Gasteiger partial charge in [0, 0.05) is 32.7 Å². The van der Waals surface area contributed by atoms with Crippen molar-refractivity contribution < 1.29 is 23.8 Å². The molecule has 1 N–H and O–H groups in total. The second-order valence-electron chi connectivity index (χ2n) is 9.45. The van der Waals surface area contributed by atoms with Crippen LogP contribution < -0.4 is 9.64 Å². The molecule has 2 amide bonds. The van der Waals surface area contributed by atoms with Gasteiger partial charge in [0.2, 0.25) is 5.91 Å². The molecule has 2 saturated heterocycles. The Morgan fingerprint density at radius 1 is 1.16 bits per heavy atom. The summed E-state index contributed by atoms with van der Waals surface area (Å²) in [5, 5.41) is 10.7. The largest absolute Gasteiger partial charge is 0.486 e. The molecule has 0 spiro atoms. The van der Waals surface area contributed by atoms with Crippen LogP contribution in [0.15, 0.2) is 18.2 Å². The topological polar surface area (TPSA) is 73.3 Å². The summed E-state index contributed by atoms with van der Waals surface area (Å²) < 4.78 is 20.0. The van der Waals surface area contributed by atoms with Gasteiger partial charge in [0.25, 0.3) is 5.91 Å². The molecule has 0 bridgehead atoms.